The summed E-state index contributed by atoms with van der Waals surface area (Å²) in [6.07, 6.45) is 0. The first-order valence-electron chi connectivity index (χ1n) is 6.81. The average molecular weight is 295 g/mol. The molecule has 3 nitrogen and oxygen atoms in total. The molecule has 0 bridgehead atoms. The molecule has 3 aromatic rings. The van der Waals surface area contributed by atoms with Gasteiger partial charge in [0.1, 0.15) is 0 Å². The minimum Gasteiger partial charge on any atom is -0.494 e. The van der Waals surface area contributed by atoms with Crippen molar-refractivity contribution in [2.24, 2.45) is 0 Å². The van der Waals surface area contributed by atoms with Gasteiger partial charge in [0, 0.05) is 11.3 Å². The van der Waals surface area contributed by atoms with Crippen LogP contribution in [0, 0.1) is 5.82 Å². The second kappa shape index (κ2) is 5.85. The zero-order chi connectivity index (χ0) is 15.5. The molecule has 0 aliphatic heterocycles. The molecule has 22 heavy (non-hydrogen) atoms. The van der Waals surface area contributed by atoms with Gasteiger partial charge >= 0.3 is 0 Å². The van der Waals surface area contributed by atoms with Gasteiger partial charge in [-0.3, -0.25) is 4.79 Å². The molecule has 0 unspecified atom stereocenters. The maximum Gasteiger partial charge on any atom is 0.255 e. The number of rotatable bonds is 3. The number of benzene rings is 3. The molecular weight excluding hydrogens is 281 g/mol. The largest absolute Gasteiger partial charge is 0.494 e. The van der Waals surface area contributed by atoms with Crippen LogP contribution in [0.15, 0.2) is 60.7 Å². The standard InChI is InChI=1S/C18H14FNO2/c1-22-17-9-7-14(11-16(17)19)18(21)20-15-8-6-12-4-2-3-5-13(12)10-15/h2-11H,1H3,(H,20,21). The molecule has 0 aliphatic rings. The van der Waals surface area contributed by atoms with Crippen molar-refractivity contribution in [1.82, 2.24) is 0 Å². The summed E-state index contributed by atoms with van der Waals surface area (Å²) in [5.74, 6) is -0.812. The zero-order valence-electron chi connectivity index (χ0n) is 12.0. The van der Waals surface area contributed by atoms with Crippen LogP contribution in [-0.4, -0.2) is 13.0 Å². The van der Waals surface area contributed by atoms with E-state index in [1.54, 1.807) is 0 Å². The maximum absolute atomic E-state index is 13.7. The van der Waals surface area contributed by atoms with Crippen molar-refractivity contribution in [3.05, 3.63) is 72.0 Å². The molecule has 4 heteroatoms. The lowest BCUT2D eigenvalue weighted by atomic mass is 10.1. The number of fused-ring (bicyclic) bond motifs is 1. The van der Waals surface area contributed by atoms with Crippen molar-refractivity contribution >= 4 is 22.4 Å². The predicted molar refractivity (Wildman–Crippen MR) is 84.9 cm³/mol. The molecule has 110 valence electrons. The third-order valence-corrected chi connectivity index (χ3v) is 3.42. The molecule has 3 aromatic carbocycles. The lowest BCUT2D eigenvalue weighted by molar-refractivity contribution is 0.102. The zero-order valence-corrected chi connectivity index (χ0v) is 12.0. The number of carbonyl (C=O) groups excluding carboxylic acids is 1. The summed E-state index contributed by atoms with van der Waals surface area (Å²) in [6.45, 7) is 0. The summed E-state index contributed by atoms with van der Waals surface area (Å²) < 4.78 is 18.5. The molecule has 0 aliphatic carbocycles. The Hall–Kier alpha value is -2.88. The number of halogens is 1. The Morgan fingerprint density at radius 2 is 1.77 bits per heavy atom. The predicted octanol–water partition coefficient (Wildman–Crippen LogP) is 4.24. The van der Waals surface area contributed by atoms with Crippen molar-refractivity contribution in [1.29, 1.82) is 0 Å². The van der Waals surface area contributed by atoms with Crippen LogP contribution in [0.3, 0.4) is 0 Å². The number of amides is 1. The third-order valence-electron chi connectivity index (χ3n) is 3.42. The summed E-state index contributed by atoms with van der Waals surface area (Å²) in [5, 5.41) is 4.89. The van der Waals surface area contributed by atoms with Crippen molar-refractivity contribution < 1.29 is 13.9 Å². The normalized spacial score (nSPS) is 10.5. The van der Waals surface area contributed by atoms with Crippen LogP contribution in [0.5, 0.6) is 5.75 Å². The van der Waals surface area contributed by atoms with Crippen molar-refractivity contribution in [3.8, 4) is 5.75 Å². The van der Waals surface area contributed by atoms with Gasteiger partial charge in [-0.1, -0.05) is 30.3 Å². The first-order chi connectivity index (χ1) is 10.7. The van der Waals surface area contributed by atoms with Crippen molar-refractivity contribution in [3.63, 3.8) is 0 Å². The van der Waals surface area contributed by atoms with Gasteiger partial charge in [0.15, 0.2) is 11.6 Å². The van der Waals surface area contributed by atoms with E-state index in [0.29, 0.717) is 5.69 Å². The molecule has 0 radical (unpaired) electrons. The molecule has 1 amide bonds. The minimum absolute atomic E-state index is 0.113. The fourth-order valence-electron chi connectivity index (χ4n) is 2.28. The second-order valence-corrected chi connectivity index (χ2v) is 4.87. The lowest BCUT2D eigenvalue weighted by Crippen LogP contribution is -2.12. The van der Waals surface area contributed by atoms with E-state index in [4.69, 9.17) is 4.74 Å². The van der Waals surface area contributed by atoms with E-state index in [-0.39, 0.29) is 17.2 Å². The van der Waals surface area contributed by atoms with E-state index >= 15 is 0 Å². The van der Waals surface area contributed by atoms with Crippen molar-refractivity contribution in [2.75, 3.05) is 12.4 Å². The molecule has 0 saturated heterocycles. The van der Waals surface area contributed by atoms with Crippen LogP contribution in [-0.2, 0) is 0 Å². The van der Waals surface area contributed by atoms with Gasteiger partial charge in [-0.15, -0.1) is 0 Å². The Labute approximate surface area is 127 Å². The number of carbonyl (C=O) groups is 1. The Kier molecular flexibility index (Phi) is 3.74. The van der Waals surface area contributed by atoms with Crippen LogP contribution in [0.4, 0.5) is 10.1 Å². The molecule has 0 spiro atoms. The van der Waals surface area contributed by atoms with Gasteiger partial charge in [-0.25, -0.2) is 4.39 Å². The minimum atomic E-state index is -0.561. The molecule has 3 rings (SSSR count). The van der Waals surface area contributed by atoms with E-state index in [1.807, 2.05) is 42.5 Å². The highest BCUT2D eigenvalue weighted by molar-refractivity contribution is 6.05. The average Bonchev–Trinajstić information content (AvgIpc) is 2.54. The highest BCUT2D eigenvalue weighted by Gasteiger charge is 2.10. The van der Waals surface area contributed by atoms with Crippen LogP contribution >= 0.6 is 0 Å². The Morgan fingerprint density at radius 3 is 2.50 bits per heavy atom. The van der Waals surface area contributed by atoms with Crippen molar-refractivity contribution in [2.45, 2.75) is 0 Å². The van der Waals surface area contributed by atoms with Gasteiger partial charge in [0.25, 0.3) is 5.91 Å². The van der Waals surface area contributed by atoms with Crippen LogP contribution in [0.1, 0.15) is 10.4 Å². The van der Waals surface area contributed by atoms with E-state index in [2.05, 4.69) is 5.32 Å². The summed E-state index contributed by atoms with van der Waals surface area (Å²) >= 11 is 0. The first-order valence-corrected chi connectivity index (χ1v) is 6.81. The van der Waals surface area contributed by atoms with E-state index in [0.717, 1.165) is 16.8 Å². The van der Waals surface area contributed by atoms with Gasteiger partial charge in [0.2, 0.25) is 0 Å². The van der Waals surface area contributed by atoms with E-state index in [1.165, 1.54) is 19.2 Å². The van der Waals surface area contributed by atoms with Crippen LogP contribution < -0.4 is 10.1 Å². The van der Waals surface area contributed by atoms with E-state index < -0.39 is 5.82 Å². The summed E-state index contributed by atoms with van der Waals surface area (Å²) in [5.41, 5.74) is 0.909. The summed E-state index contributed by atoms with van der Waals surface area (Å²) in [4.78, 5) is 12.2. The van der Waals surface area contributed by atoms with Crippen LogP contribution in [0.2, 0.25) is 0 Å². The number of anilines is 1. The lowest BCUT2D eigenvalue weighted by Gasteiger charge is -2.08. The monoisotopic (exact) mass is 295 g/mol. The summed E-state index contributed by atoms with van der Waals surface area (Å²) in [7, 11) is 1.38. The molecule has 0 saturated carbocycles. The van der Waals surface area contributed by atoms with Gasteiger partial charge < -0.3 is 10.1 Å². The summed E-state index contributed by atoms with van der Waals surface area (Å²) in [6, 6.07) is 17.6. The fraction of sp³-hybridized carbons (Fsp3) is 0.0556. The number of hydrogen-bond donors (Lipinski definition) is 1. The fourth-order valence-corrected chi connectivity index (χ4v) is 2.28. The molecule has 1 N–H and O–H groups in total. The highest BCUT2D eigenvalue weighted by Crippen LogP contribution is 2.21. The molecule has 0 aromatic heterocycles. The van der Waals surface area contributed by atoms with Crippen LogP contribution in [0.25, 0.3) is 10.8 Å². The second-order valence-electron chi connectivity index (χ2n) is 4.87. The Morgan fingerprint density at radius 1 is 1.00 bits per heavy atom. The first kappa shape index (κ1) is 14.1. The quantitative estimate of drug-likeness (QED) is 0.785. The maximum atomic E-state index is 13.7. The topological polar surface area (TPSA) is 38.3 Å². The number of nitrogens with one attached hydrogen (secondary N) is 1. The smallest absolute Gasteiger partial charge is 0.255 e. The van der Waals surface area contributed by atoms with Gasteiger partial charge in [-0.2, -0.15) is 0 Å². The third kappa shape index (κ3) is 2.76. The number of methoxy groups -OCH3 is 1. The Balaban J connectivity index is 1.84. The Bertz CT molecular complexity index is 845. The number of hydrogen-bond acceptors (Lipinski definition) is 2. The highest BCUT2D eigenvalue weighted by atomic mass is 19.1. The van der Waals surface area contributed by atoms with Gasteiger partial charge in [0.05, 0.1) is 7.11 Å². The molecular formula is C18H14FNO2. The SMILES string of the molecule is COc1ccc(C(=O)Nc2ccc3ccccc3c2)cc1F. The molecule has 0 atom stereocenters. The van der Waals surface area contributed by atoms with E-state index in [9.17, 15) is 9.18 Å². The van der Waals surface area contributed by atoms with Gasteiger partial charge in [-0.05, 0) is 41.1 Å². The molecule has 0 heterocycles. The number of ether oxygens (including phenoxy) is 1. The molecule has 0 fully saturated rings.